The standard InChI is InChI=1S/C15H21FN2O2/c1-2-11(20-14-8-4-3-6-12(14)16)10-18-15(19)13-7-5-9-17-13/h3-4,6,8,11,13,17H,2,5,7,9-10H2,1H3,(H,18,19). The molecule has 0 aromatic heterocycles. The summed E-state index contributed by atoms with van der Waals surface area (Å²) in [4.78, 5) is 11.9. The first-order chi connectivity index (χ1) is 9.70. The lowest BCUT2D eigenvalue weighted by Crippen LogP contribution is -2.44. The van der Waals surface area contributed by atoms with Gasteiger partial charge in [-0.3, -0.25) is 4.79 Å². The maximum Gasteiger partial charge on any atom is 0.237 e. The van der Waals surface area contributed by atoms with Crippen molar-refractivity contribution >= 4 is 5.91 Å². The second kappa shape index (κ2) is 7.24. The fourth-order valence-electron chi connectivity index (χ4n) is 2.24. The lowest BCUT2D eigenvalue weighted by Gasteiger charge is -2.19. The highest BCUT2D eigenvalue weighted by molar-refractivity contribution is 5.82. The van der Waals surface area contributed by atoms with Crippen molar-refractivity contribution in [2.45, 2.75) is 38.3 Å². The zero-order valence-corrected chi connectivity index (χ0v) is 11.7. The first-order valence-corrected chi connectivity index (χ1v) is 7.13. The third-order valence-corrected chi connectivity index (χ3v) is 3.47. The number of para-hydroxylation sites is 1. The second-order valence-corrected chi connectivity index (χ2v) is 4.97. The number of nitrogens with one attached hydrogen (secondary N) is 2. The number of carbonyl (C=O) groups excluding carboxylic acids is 1. The number of ether oxygens (including phenoxy) is 1. The molecule has 2 N–H and O–H groups in total. The molecule has 1 fully saturated rings. The average Bonchev–Trinajstić information content (AvgIpc) is 2.99. The molecule has 1 aromatic rings. The molecular formula is C15H21FN2O2. The van der Waals surface area contributed by atoms with Gasteiger partial charge >= 0.3 is 0 Å². The molecule has 5 heteroatoms. The van der Waals surface area contributed by atoms with Gasteiger partial charge in [-0.15, -0.1) is 0 Å². The third-order valence-electron chi connectivity index (χ3n) is 3.47. The Hall–Kier alpha value is -1.62. The Morgan fingerprint density at radius 2 is 2.35 bits per heavy atom. The highest BCUT2D eigenvalue weighted by atomic mass is 19.1. The summed E-state index contributed by atoms with van der Waals surface area (Å²) >= 11 is 0. The van der Waals surface area contributed by atoms with E-state index in [1.54, 1.807) is 18.2 Å². The smallest absolute Gasteiger partial charge is 0.237 e. The molecule has 0 saturated carbocycles. The van der Waals surface area contributed by atoms with Crippen molar-refractivity contribution in [3.63, 3.8) is 0 Å². The number of halogens is 1. The molecule has 1 saturated heterocycles. The van der Waals surface area contributed by atoms with Gasteiger partial charge in [-0.25, -0.2) is 4.39 Å². The van der Waals surface area contributed by atoms with Crippen LogP contribution in [-0.2, 0) is 4.79 Å². The molecule has 1 aliphatic heterocycles. The molecule has 110 valence electrons. The van der Waals surface area contributed by atoms with Crippen LogP contribution in [0.25, 0.3) is 0 Å². The number of rotatable bonds is 6. The molecule has 2 atom stereocenters. The predicted octanol–water partition coefficient (Wildman–Crippen LogP) is 1.85. The first-order valence-electron chi connectivity index (χ1n) is 7.13. The minimum atomic E-state index is -0.380. The highest BCUT2D eigenvalue weighted by Gasteiger charge is 2.22. The summed E-state index contributed by atoms with van der Waals surface area (Å²) in [5, 5.41) is 6.01. The van der Waals surface area contributed by atoms with Crippen molar-refractivity contribution in [1.29, 1.82) is 0 Å². The van der Waals surface area contributed by atoms with Gasteiger partial charge in [-0.2, -0.15) is 0 Å². The Bertz CT molecular complexity index is 447. The number of benzene rings is 1. The van der Waals surface area contributed by atoms with Crippen molar-refractivity contribution in [3.05, 3.63) is 30.1 Å². The van der Waals surface area contributed by atoms with Gasteiger partial charge in [0.15, 0.2) is 11.6 Å². The molecule has 2 rings (SSSR count). The molecule has 0 spiro atoms. The van der Waals surface area contributed by atoms with Crippen LogP contribution in [0.2, 0.25) is 0 Å². The molecule has 2 unspecified atom stereocenters. The van der Waals surface area contributed by atoms with Gasteiger partial charge in [0.25, 0.3) is 0 Å². The van der Waals surface area contributed by atoms with Gasteiger partial charge in [0.1, 0.15) is 6.10 Å². The van der Waals surface area contributed by atoms with E-state index in [9.17, 15) is 9.18 Å². The summed E-state index contributed by atoms with van der Waals surface area (Å²) in [6.45, 7) is 3.23. The van der Waals surface area contributed by atoms with E-state index >= 15 is 0 Å². The van der Waals surface area contributed by atoms with Crippen LogP contribution in [0.5, 0.6) is 5.75 Å². The molecular weight excluding hydrogens is 259 g/mol. The molecule has 4 nitrogen and oxygen atoms in total. The first kappa shape index (κ1) is 14.8. The molecule has 1 amide bonds. The Morgan fingerprint density at radius 3 is 3.00 bits per heavy atom. The van der Waals surface area contributed by atoms with Crippen molar-refractivity contribution in [2.75, 3.05) is 13.1 Å². The SMILES string of the molecule is CCC(CNC(=O)C1CCCN1)Oc1ccccc1F. The summed E-state index contributed by atoms with van der Waals surface area (Å²) in [7, 11) is 0. The summed E-state index contributed by atoms with van der Waals surface area (Å²) in [6.07, 6.45) is 2.38. The zero-order chi connectivity index (χ0) is 14.4. The van der Waals surface area contributed by atoms with E-state index in [0.29, 0.717) is 13.0 Å². The van der Waals surface area contributed by atoms with Crippen LogP contribution in [0.4, 0.5) is 4.39 Å². The highest BCUT2D eigenvalue weighted by Crippen LogP contribution is 2.17. The fourth-order valence-corrected chi connectivity index (χ4v) is 2.24. The Kier molecular flexibility index (Phi) is 5.35. The maximum absolute atomic E-state index is 13.5. The summed E-state index contributed by atoms with van der Waals surface area (Å²) in [5.74, 6) is -0.152. The van der Waals surface area contributed by atoms with E-state index in [-0.39, 0.29) is 29.6 Å². The van der Waals surface area contributed by atoms with Crippen LogP contribution < -0.4 is 15.4 Å². The van der Waals surface area contributed by atoms with Crippen molar-refractivity contribution in [1.82, 2.24) is 10.6 Å². The van der Waals surface area contributed by atoms with Crippen LogP contribution in [0.3, 0.4) is 0 Å². The molecule has 0 bridgehead atoms. The molecule has 1 aromatic carbocycles. The van der Waals surface area contributed by atoms with Gasteiger partial charge in [0.05, 0.1) is 12.6 Å². The predicted molar refractivity (Wildman–Crippen MR) is 75.1 cm³/mol. The topological polar surface area (TPSA) is 50.4 Å². The van der Waals surface area contributed by atoms with Crippen LogP contribution in [0, 0.1) is 5.82 Å². The van der Waals surface area contributed by atoms with E-state index in [2.05, 4.69) is 10.6 Å². The number of hydrogen-bond acceptors (Lipinski definition) is 3. The number of amides is 1. The van der Waals surface area contributed by atoms with Gasteiger partial charge in [0.2, 0.25) is 5.91 Å². The van der Waals surface area contributed by atoms with Crippen molar-refractivity contribution in [3.8, 4) is 5.75 Å². The molecule has 20 heavy (non-hydrogen) atoms. The van der Waals surface area contributed by atoms with Crippen LogP contribution in [-0.4, -0.2) is 31.1 Å². The Morgan fingerprint density at radius 1 is 1.55 bits per heavy atom. The van der Waals surface area contributed by atoms with Crippen molar-refractivity contribution < 1.29 is 13.9 Å². The van der Waals surface area contributed by atoms with E-state index in [1.165, 1.54) is 6.07 Å². The number of carbonyl (C=O) groups is 1. The molecule has 1 aliphatic rings. The van der Waals surface area contributed by atoms with E-state index in [0.717, 1.165) is 19.4 Å². The minimum Gasteiger partial charge on any atom is -0.486 e. The normalized spacial score (nSPS) is 19.6. The monoisotopic (exact) mass is 280 g/mol. The summed E-state index contributed by atoms with van der Waals surface area (Å²) in [6, 6.07) is 6.21. The number of hydrogen-bond donors (Lipinski definition) is 2. The quantitative estimate of drug-likeness (QED) is 0.836. The van der Waals surface area contributed by atoms with E-state index in [4.69, 9.17) is 4.74 Å². The average molecular weight is 280 g/mol. The second-order valence-electron chi connectivity index (χ2n) is 4.97. The molecule has 0 radical (unpaired) electrons. The molecule has 1 heterocycles. The largest absolute Gasteiger partial charge is 0.486 e. The lowest BCUT2D eigenvalue weighted by molar-refractivity contribution is -0.123. The summed E-state index contributed by atoms with van der Waals surface area (Å²) < 4.78 is 19.1. The minimum absolute atomic E-state index is 0.00177. The maximum atomic E-state index is 13.5. The summed E-state index contributed by atoms with van der Waals surface area (Å²) in [5.41, 5.74) is 0. The third kappa shape index (κ3) is 3.93. The Labute approximate surface area is 118 Å². The van der Waals surface area contributed by atoms with Gasteiger partial charge in [0, 0.05) is 0 Å². The zero-order valence-electron chi connectivity index (χ0n) is 11.7. The van der Waals surface area contributed by atoms with Crippen LogP contribution in [0.15, 0.2) is 24.3 Å². The van der Waals surface area contributed by atoms with E-state index in [1.807, 2.05) is 6.92 Å². The fraction of sp³-hybridized carbons (Fsp3) is 0.533. The van der Waals surface area contributed by atoms with Gasteiger partial charge in [-0.1, -0.05) is 19.1 Å². The van der Waals surface area contributed by atoms with Gasteiger partial charge in [-0.05, 0) is 37.9 Å². The van der Waals surface area contributed by atoms with Gasteiger partial charge < -0.3 is 15.4 Å². The van der Waals surface area contributed by atoms with Crippen LogP contribution in [0.1, 0.15) is 26.2 Å². The lowest BCUT2D eigenvalue weighted by atomic mass is 10.2. The molecule has 0 aliphatic carbocycles. The Balaban J connectivity index is 1.83. The van der Waals surface area contributed by atoms with Crippen molar-refractivity contribution in [2.24, 2.45) is 0 Å². The van der Waals surface area contributed by atoms with Crippen LogP contribution >= 0.6 is 0 Å². The van der Waals surface area contributed by atoms with E-state index < -0.39 is 0 Å².